The molecule has 0 spiro atoms. The van der Waals surface area contributed by atoms with Crippen LogP contribution in [0.3, 0.4) is 0 Å². The molecule has 1 aromatic heterocycles. The Morgan fingerprint density at radius 1 is 1.39 bits per heavy atom. The normalized spacial score (nSPS) is 29.7. The molecule has 2 aliphatic rings. The number of halogens is 1. The third-order valence-corrected chi connectivity index (χ3v) is 4.79. The maximum Gasteiger partial charge on any atom is 0.407 e. The van der Waals surface area contributed by atoms with E-state index in [4.69, 9.17) is 13.9 Å². The molecule has 0 radical (unpaired) electrons. The number of furan rings is 1. The van der Waals surface area contributed by atoms with Crippen molar-refractivity contribution in [3.8, 4) is 0 Å². The van der Waals surface area contributed by atoms with Crippen LogP contribution in [-0.4, -0.2) is 36.5 Å². The molecule has 0 aromatic carbocycles. The molecule has 1 amide bonds. The Kier molecular flexibility index (Phi) is 4.89. The zero-order valence-electron chi connectivity index (χ0n) is 13.6. The van der Waals surface area contributed by atoms with Crippen LogP contribution < -0.4 is 10.6 Å². The maximum atomic E-state index is 12.1. The molecule has 23 heavy (non-hydrogen) atoms. The van der Waals surface area contributed by atoms with E-state index in [0.29, 0.717) is 12.5 Å². The molecule has 4 unspecified atom stereocenters. The van der Waals surface area contributed by atoms with E-state index in [0.717, 1.165) is 22.6 Å². The topological polar surface area (TPSA) is 72.7 Å². The molecule has 1 saturated carbocycles. The molecule has 128 valence electrons. The van der Waals surface area contributed by atoms with Crippen LogP contribution >= 0.6 is 22.6 Å². The van der Waals surface area contributed by atoms with Crippen molar-refractivity contribution in [2.24, 2.45) is 5.92 Å². The smallest absolute Gasteiger partial charge is 0.407 e. The Balaban J connectivity index is 1.57. The number of rotatable bonds is 4. The lowest BCUT2D eigenvalue weighted by atomic mass is 9.71. The summed E-state index contributed by atoms with van der Waals surface area (Å²) in [5.74, 6) is 1.24. The van der Waals surface area contributed by atoms with Crippen LogP contribution in [0, 0.1) is 9.68 Å². The summed E-state index contributed by atoms with van der Waals surface area (Å²) in [7, 11) is 0. The molecule has 1 aliphatic heterocycles. The van der Waals surface area contributed by atoms with E-state index in [1.165, 1.54) is 0 Å². The van der Waals surface area contributed by atoms with Crippen molar-refractivity contribution >= 4 is 28.7 Å². The molecule has 2 heterocycles. The molecule has 2 fully saturated rings. The fourth-order valence-electron chi connectivity index (χ4n) is 3.26. The largest absolute Gasteiger partial charge is 0.454 e. The van der Waals surface area contributed by atoms with Crippen LogP contribution in [0.1, 0.15) is 33.0 Å². The number of fused-ring (bicyclic) bond motifs is 1. The number of hydrogen-bond donors (Lipinski definition) is 2. The number of nitrogens with one attached hydrogen (secondary N) is 2. The second-order valence-corrected chi connectivity index (χ2v) is 8.14. The summed E-state index contributed by atoms with van der Waals surface area (Å²) in [6.07, 6.45) is 0.762. The number of ether oxygens (including phenoxy) is 2. The molecule has 4 atom stereocenters. The van der Waals surface area contributed by atoms with E-state index in [-0.39, 0.29) is 24.3 Å². The zero-order valence-corrected chi connectivity index (χ0v) is 15.8. The maximum absolute atomic E-state index is 12.1. The summed E-state index contributed by atoms with van der Waals surface area (Å²) in [5.41, 5.74) is -0.493. The second kappa shape index (κ2) is 6.60. The minimum atomic E-state index is -0.493. The summed E-state index contributed by atoms with van der Waals surface area (Å²) < 4.78 is 17.6. The second-order valence-electron chi connectivity index (χ2n) is 7.07. The van der Waals surface area contributed by atoms with Crippen LogP contribution in [0.4, 0.5) is 4.79 Å². The average molecular weight is 434 g/mol. The highest BCUT2D eigenvalue weighted by molar-refractivity contribution is 14.1. The lowest BCUT2D eigenvalue weighted by molar-refractivity contribution is -0.0348. The first kappa shape index (κ1) is 17.0. The molecule has 7 heteroatoms. The van der Waals surface area contributed by atoms with Crippen molar-refractivity contribution in [2.45, 2.75) is 57.5 Å². The van der Waals surface area contributed by atoms with E-state index in [1.807, 2.05) is 32.9 Å². The molecule has 1 aromatic rings. The first-order valence-electron chi connectivity index (χ1n) is 7.92. The third kappa shape index (κ3) is 4.00. The highest BCUT2D eigenvalue weighted by Gasteiger charge is 2.54. The molecule has 6 nitrogen and oxygen atoms in total. The van der Waals surface area contributed by atoms with Gasteiger partial charge in [-0.1, -0.05) is 0 Å². The van der Waals surface area contributed by atoms with E-state index in [2.05, 4.69) is 33.2 Å². The number of carbonyl (C=O) groups is 1. The summed E-state index contributed by atoms with van der Waals surface area (Å²) >= 11 is 2.15. The number of hydrogen-bond acceptors (Lipinski definition) is 5. The Labute approximate surface area is 149 Å². The van der Waals surface area contributed by atoms with Crippen molar-refractivity contribution in [2.75, 3.05) is 6.61 Å². The predicted octanol–water partition coefficient (Wildman–Crippen LogP) is 2.65. The molecule has 2 N–H and O–H groups in total. The monoisotopic (exact) mass is 434 g/mol. The van der Waals surface area contributed by atoms with Gasteiger partial charge in [-0.05, 0) is 61.9 Å². The first-order valence-corrected chi connectivity index (χ1v) is 9.00. The van der Waals surface area contributed by atoms with Crippen LogP contribution in [0.5, 0.6) is 0 Å². The average Bonchev–Trinajstić information content (AvgIpc) is 3.02. The summed E-state index contributed by atoms with van der Waals surface area (Å²) in [4.78, 5) is 12.1. The van der Waals surface area contributed by atoms with Gasteiger partial charge in [0.25, 0.3) is 0 Å². The van der Waals surface area contributed by atoms with E-state index >= 15 is 0 Å². The molecule has 1 saturated heterocycles. The third-order valence-electron chi connectivity index (χ3n) is 4.21. The van der Waals surface area contributed by atoms with Crippen LogP contribution in [0.15, 0.2) is 16.5 Å². The van der Waals surface area contributed by atoms with Gasteiger partial charge in [-0.2, -0.15) is 0 Å². The van der Waals surface area contributed by atoms with E-state index in [1.54, 1.807) is 0 Å². The molecule has 0 bridgehead atoms. The fourth-order valence-corrected chi connectivity index (χ4v) is 3.72. The predicted molar refractivity (Wildman–Crippen MR) is 93.1 cm³/mol. The van der Waals surface area contributed by atoms with Crippen LogP contribution in [0.25, 0.3) is 0 Å². The summed E-state index contributed by atoms with van der Waals surface area (Å²) in [6.45, 7) is 6.96. The summed E-state index contributed by atoms with van der Waals surface area (Å²) in [5, 5.41) is 6.45. The van der Waals surface area contributed by atoms with Crippen LogP contribution in [0.2, 0.25) is 0 Å². The SMILES string of the molecule is CC(C)(C)OC(=O)NC1C2CCOC2C1NCc1ccc(I)o1. The molecule has 3 rings (SSSR count). The standard InChI is InChI=1S/C16H23IN2O4/c1-16(2,3)23-15(20)19-12-10-6-7-21-14(10)13(12)18-8-9-4-5-11(17)22-9/h4-5,10,12-14,18H,6-8H2,1-3H3,(H,19,20). The van der Waals surface area contributed by atoms with Crippen molar-refractivity contribution < 1.29 is 18.7 Å². The van der Waals surface area contributed by atoms with Gasteiger partial charge >= 0.3 is 6.09 Å². The highest BCUT2D eigenvalue weighted by Crippen LogP contribution is 2.39. The minimum Gasteiger partial charge on any atom is -0.454 e. The van der Waals surface area contributed by atoms with Gasteiger partial charge in [0.15, 0.2) is 3.77 Å². The van der Waals surface area contributed by atoms with E-state index in [9.17, 15) is 4.79 Å². The van der Waals surface area contributed by atoms with Gasteiger partial charge in [0.2, 0.25) is 0 Å². The minimum absolute atomic E-state index is 0.0337. The quantitative estimate of drug-likeness (QED) is 0.714. The van der Waals surface area contributed by atoms with Crippen molar-refractivity contribution in [1.29, 1.82) is 0 Å². The van der Waals surface area contributed by atoms with Crippen LogP contribution in [-0.2, 0) is 16.0 Å². The summed E-state index contributed by atoms with van der Waals surface area (Å²) in [6, 6.07) is 4.00. The number of alkyl carbamates (subject to hydrolysis) is 1. The van der Waals surface area contributed by atoms with Gasteiger partial charge in [0.05, 0.1) is 24.7 Å². The van der Waals surface area contributed by atoms with Gasteiger partial charge in [0.1, 0.15) is 11.4 Å². The Hall–Kier alpha value is -0.800. The first-order chi connectivity index (χ1) is 10.8. The van der Waals surface area contributed by atoms with Gasteiger partial charge in [0, 0.05) is 12.5 Å². The Morgan fingerprint density at radius 3 is 2.83 bits per heavy atom. The molecular formula is C16H23IN2O4. The fraction of sp³-hybridized carbons (Fsp3) is 0.688. The van der Waals surface area contributed by atoms with Gasteiger partial charge in [-0.25, -0.2) is 4.79 Å². The molecule has 1 aliphatic carbocycles. The Morgan fingerprint density at radius 2 is 2.17 bits per heavy atom. The van der Waals surface area contributed by atoms with Gasteiger partial charge < -0.3 is 24.5 Å². The van der Waals surface area contributed by atoms with Crippen molar-refractivity contribution in [1.82, 2.24) is 10.6 Å². The Bertz CT molecular complexity index is 569. The number of carbonyl (C=O) groups excluding carboxylic acids is 1. The van der Waals surface area contributed by atoms with E-state index < -0.39 is 5.60 Å². The van der Waals surface area contributed by atoms with Crippen molar-refractivity contribution in [3.63, 3.8) is 0 Å². The highest BCUT2D eigenvalue weighted by atomic mass is 127. The lowest BCUT2D eigenvalue weighted by Crippen LogP contribution is -2.70. The van der Waals surface area contributed by atoms with Gasteiger partial charge in [-0.15, -0.1) is 0 Å². The van der Waals surface area contributed by atoms with Gasteiger partial charge in [-0.3, -0.25) is 0 Å². The molecular weight excluding hydrogens is 411 g/mol. The lowest BCUT2D eigenvalue weighted by Gasteiger charge is -2.48. The zero-order chi connectivity index (χ0) is 16.6. The number of amides is 1. The van der Waals surface area contributed by atoms with Crippen molar-refractivity contribution in [3.05, 3.63) is 21.7 Å².